The lowest BCUT2D eigenvalue weighted by atomic mass is 10.1. The van der Waals surface area contributed by atoms with Gasteiger partial charge < -0.3 is 16.0 Å². The van der Waals surface area contributed by atoms with Gasteiger partial charge in [-0.05, 0) is 50.1 Å². The normalized spacial score (nSPS) is 11.1. The molecule has 2 rings (SSSR count). The topological polar surface area (TPSA) is 87.3 Å². The number of hydrogen-bond donors (Lipinski definition) is 3. The van der Waals surface area contributed by atoms with Gasteiger partial charge in [0.15, 0.2) is 0 Å². The number of rotatable bonds is 6. The Morgan fingerprint density at radius 3 is 2.25 bits per heavy atom. The molecule has 0 unspecified atom stereocenters. The molecule has 0 aliphatic carbocycles. The quantitative estimate of drug-likeness (QED) is 0.673. The van der Waals surface area contributed by atoms with Crippen molar-refractivity contribution in [3.05, 3.63) is 70.9 Å². The van der Waals surface area contributed by atoms with Crippen LogP contribution in [0.15, 0.2) is 54.2 Å². The zero-order chi connectivity index (χ0) is 20.7. The Hall–Kier alpha value is -3.41. The number of carbonyl (C=O) groups excluding carboxylic acids is 3. The second-order valence-electron chi connectivity index (χ2n) is 6.72. The summed E-state index contributed by atoms with van der Waals surface area (Å²) in [6, 6.07) is 14.2. The maximum atomic E-state index is 12.8. The number of aryl methyl sites for hydroxylation is 1. The minimum atomic E-state index is -0.511. The molecule has 0 saturated carbocycles. The fraction of sp³-hybridized carbons (Fsp3) is 0.227. The maximum Gasteiger partial charge on any atom is 0.272 e. The lowest BCUT2D eigenvalue weighted by Gasteiger charge is -2.14. The van der Waals surface area contributed by atoms with E-state index < -0.39 is 5.91 Å². The second kappa shape index (κ2) is 9.50. The van der Waals surface area contributed by atoms with Gasteiger partial charge in [0.2, 0.25) is 5.91 Å². The first-order chi connectivity index (χ1) is 13.3. The van der Waals surface area contributed by atoms with Gasteiger partial charge in [0.05, 0.1) is 11.3 Å². The molecule has 0 bridgehead atoms. The van der Waals surface area contributed by atoms with E-state index >= 15 is 0 Å². The monoisotopic (exact) mass is 379 g/mol. The molecule has 0 aliphatic rings. The van der Waals surface area contributed by atoms with Gasteiger partial charge in [-0.2, -0.15) is 0 Å². The highest BCUT2D eigenvalue weighted by Gasteiger charge is 2.17. The number of para-hydroxylation sites is 1. The Morgan fingerprint density at radius 2 is 1.61 bits per heavy atom. The van der Waals surface area contributed by atoms with Gasteiger partial charge in [0.25, 0.3) is 11.8 Å². The summed E-state index contributed by atoms with van der Waals surface area (Å²) in [7, 11) is 0. The Labute approximate surface area is 165 Å². The van der Waals surface area contributed by atoms with Gasteiger partial charge in [-0.1, -0.05) is 36.4 Å². The van der Waals surface area contributed by atoms with E-state index in [1.54, 1.807) is 30.3 Å². The van der Waals surface area contributed by atoms with Crippen LogP contribution in [0, 0.1) is 6.92 Å². The van der Waals surface area contributed by atoms with Gasteiger partial charge in [0, 0.05) is 13.0 Å². The zero-order valence-corrected chi connectivity index (χ0v) is 16.5. The number of carbonyl (C=O) groups is 3. The molecule has 0 atom stereocenters. The third kappa shape index (κ3) is 5.81. The van der Waals surface area contributed by atoms with Crippen LogP contribution in [0.4, 0.5) is 5.69 Å². The largest absolute Gasteiger partial charge is 0.350 e. The molecule has 28 heavy (non-hydrogen) atoms. The summed E-state index contributed by atoms with van der Waals surface area (Å²) in [5.41, 5.74) is 2.59. The molecule has 0 heterocycles. The van der Waals surface area contributed by atoms with Crippen molar-refractivity contribution in [1.82, 2.24) is 10.6 Å². The zero-order valence-electron chi connectivity index (χ0n) is 16.5. The van der Waals surface area contributed by atoms with Gasteiger partial charge in [-0.3, -0.25) is 14.4 Å². The molecule has 0 radical (unpaired) electrons. The van der Waals surface area contributed by atoms with E-state index in [9.17, 15) is 14.4 Å². The molecule has 3 N–H and O–H groups in total. The third-order valence-corrected chi connectivity index (χ3v) is 3.88. The number of benzene rings is 2. The fourth-order valence-corrected chi connectivity index (χ4v) is 2.57. The number of hydrogen-bond acceptors (Lipinski definition) is 3. The van der Waals surface area contributed by atoms with Crippen molar-refractivity contribution < 1.29 is 14.4 Å². The van der Waals surface area contributed by atoms with Crippen molar-refractivity contribution in [3.63, 3.8) is 0 Å². The maximum absolute atomic E-state index is 12.8. The van der Waals surface area contributed by atoms with E-state index in [1.165, 1.54) is 6.92 Å². The van der Waals surface area contributed by atoms with Crippen LogP contribution in [0.3, 0.4) is 0 Å². The number of anilines is 1. The van der Waals surface area contributed by atoms with Crippen molar-refractivity contribution in [1.29, 1.82) is 0 Å². The Balaban J connectivity index is 2.34. The lowest BCUT2D eigenvalue weighted by molar-refractivity contribution is -0.120. The van der Waals surface area contributed by atoms with E-state index in [0.717, 1.165) is 11.1 Å². The van der Waals surface area contributed by atoms with Crippen molar-refractivity contribution in [3.8, 4) is 0 Å². The highest BCUT2D eigenvalue weighted by molar-refractivity contribution is 6.11. The highest BCUT2D eigenvalue weighted by Crippen LogP contribution is 2.17. The van der Waals surface area contributed by atoms with Crippen molar-refractivity contribution in [2.75, 3.05) is 5.32 Å². The molecule has 2 aromatic rings. The Morgan fingerprint density at radius 1 is 0.964 bits per heavy atom. The summed E-state index contributed by atoms with van der Waals surface area (Å²) >= 11 is 0. The molecular formula is C22H25N3O3. The van der Waals surface area contributed by atoms with Crippen LogP contribution in [0.2, 0.25) is 0 Å². The first kappa shape index (κ1) is 20.9. The summed E-state index contributed by atoms with van der Waals surface area (Å²) in [5, 5.41) is 8.10. The minimum Gasteiger partial charge on any atom is -0.350 e. The summed E-state index contributed by atoms with van der Waals surface area (Å²) in [6.45, 7) is 6.97. The predicted octanol–water partition coefficient (Wildman–Crippen LogP) is 3.25. The molecule has 0 spiro atoms. The van der Waals surface area contributed by atoms with Crippen LogP contribution in [0.5, 0.6) is 0 Å². The van der Waals surface area contributed by atoms with Crippen molar-refractivity contribution in [2.45, 2.75) is 33.7 Å². The van der Waals surface area contributed by atoms with E-state index in [1.807, 2.05) is 45.0 Å². The standard InChI is InChI=1S/C22H25N3O3/c1-14(2)23-21(27)18-11-7-8-12-19(18)25-22(28)20(24-16(4)26)13-17-10-6-5-9-15(17)3/h5-14H,1-4H3,(H,23,27)(H,24,26)(H,25,28)/b20-13-. The molecule has 6 heteroatoms. The van der Waals surface area contributed by atoms with Crippen LogP contribution in [-0.2, 0) is 9.59 Å². The predicted molar refractivity (Wildman–Crippen MR) is 111 cm³/mol. The molecule has 6 nitrogen and oxygen atoms in total. The lowest BCUT2D eigenvalue weighted by Crippen LogP contribution is -2.32. The molecule has 0 aliphatic heterocycles. The molecular weight excluding hydrogens is 354 g/mol. The van der Waals surface area contributed by atoms with Crippen molar-refractivity contribution >= 4 is 29.5 Å². The Kier molecular flexibility index (Phi) is 7.09. The molecule has 146 valence electrons. The van der Waals surface area contributed by atoms with Gasteiger partial charge in [0.1, 0.15) is 5.70 Å². The molecule has 0 saturated heterocycles. The number of amides is 3. The molecule has 0 fully saturated rings. The van der Waals surface area contributed by atoms with Crippen LogP contribution >= 0.6 is 0 Å². The second-order valence-corrected chi connectivity index (χ2v) is 6.72. The van der Waals surface area contributed by atoms with Crippen LogP contribution < -0.4 is 16.0 Å². The SMILES string of the molecule is CC(=O)N/C(=C\c1ccccc1C)C(=O)Nc1ccccc1C(=O)NC(C)C. The molecule has 0 aromatic heterocycles. The fourth-order valence-electron chi connectivity index (χ4n) is 2.57. The van der Waals surface area contributed by atoms with E-state index in [4.69, 9.17) is 0 Å². The highest BCUT2D eigenvalue weighted by atomic mass is 16.2. The first-order valence-corrected chi connectivity index (χ1v) is 9.04. The number of nitrogens with one attached hydrogen (secondary N) is 3. The van der Waals surface area contributed by atoms with Crippen molar-refractivity contribution in [2.24, 2.45) is 0 Å². The van der Waals surface area contributed by atoms with Crippen LogP contribution in [-0.4, -0.2) is 23.8 Å². The van der Waals surface area contributed by atoms with E-state index in [-0.39, 0.29) is 23.6 Å². The average molecular weight is 379 g/mol. The Bertz CT molecular complexity index is 917. The minimum absolute atomic E-state index is 0.0350. The van der Waals surface area contributed by atoms with E-state index in [2.05, 4.69) is 16.0 Å². The van der Waals surface area contributed by atoms with Gasteiger partial charge >= 0.3 is 0 Å². The third-order valence-electron chi connectivity index (χ3n) is 3.88. The van der Waals surface area contributed by atoms with Crippen LogP contribution in [0.25, 0.3) is 6.08 Å². The summed E-state index contributed by atoms with van der Waals surface area (Å²) in [6.07, 6.45) is 1.61. The molecule has 2 aromatic carbocycles. The van der Waals surface area contributed by atoms with Gasteiger partial charge in [-0.15, -0.1) is 0 Å². The van der Waals surface area contributed by atoms with Gasteiger partial charge in [-0.25, -0.2) is 0 Å². The summed E-state index contributed by atoms with van der Waals surface area (Å²) < 4.78 is 0. The summed E-state index contributed by atoms with van der Waals surface area (Å²) in [5.74, 6) is -1.15. The first-order valence-electron chi connectivity index (χ1n) is 9.04. The van der Waals surface area contributed by atoms with Crippen LogP contribution in [0.1, 0.15) is 42.3 Å². The summed E-state index contributed by atoms with van der Waals surface area (Å²) in [4.78, 5) is 36.8. The van der Waals surface area contributed by atoms with E-state index in [0.29, 0.717) is 11.3 Å². The average Bonchev–Trinajstić information content (AvgIpc) is 2.62. The smallest absolute Gasteiger partial charge is 0.272 e. The molecule has 3 amide bonds.